The standard InChI is InChI=1S/C35H39NO.C33H33NO.C32H31F2N.C31H29NO/c1-6-34(7-2)32-23-20-27(25-33(32)35(8-3,9-4)37-34)31-22-21-30(24-26(31)5)36(28-16-12-10-13-17-28)29-18-14-11-15-19-29;1-24-22-28(34(26-12-6-4-7-13-26)27-14-8-5-9-15-27)17-18-29(24)25-16-19-30-31(23-25)32(2,3)35-33(30)20-10-11-21-33;1-22-20-26(35(24-12-8-6-9-13-24)25-14-10-7-11-15-25)17-18-27(22)23-16-19-28-29(21-23)31(4,5)32(33,34)30(28,2)3;1-22-20-26(32(24-10-6-4-7-11-24)25-12-8-5-9-13-25)15-16-27(22)23-14-17-28-29(21-23)31(3)19-18-30(28,2)33-31/h10-25H,6-9H2,1-5H3;4-9,12-19,22-23H,10-11,20-21H2,1-3H3;6-21H,1-5H3;4-17,20-21H,18-19H2,1-3H3. The van der Waals surface area contributed by atoms with E-state index in [1.807, 2.05) is 54.6 Å². The molecule has 4 aliphatic heterocycles. The third-order valence-electron chi connectivity index (χ3n) is 31.6. The van der Waals surface area contributed by atoms with Crippen LogP contribution < -0.4 is 19.6 Å². The number of hydrogen-bond donors (Lipinski definition) is 0. The molecule has 1 saturated carbocycles. The molecule has 2 atom stereocenters. The van der Waals surface area contributed by atoms with Crippen molar-refractivity contribution in [2.75, 3.05) is 19.6 Å². The molecule has 2 unspecified atom stereocenters. The molecule has 1 spiro atoms. The number of benzene rings is 16. The Morgan fingerprint density at radius 3 is 0.793 bits per heavy atom. The molecule has 708 valence electrons. The lowest BCUT2D eigenvalue weighted by Crippen LogP contribution is -2.46. The summed E-state index contributed by atoms with van der Waals surface area (Å²) in [5.74, 6) is -2.83. The molecule has 16 aromatic rings. The summed E-state index contributed by atoms with van der Waals surface area (Å²) in [6, 6.07) is 138. The summed E-state index contributed by atoms with van der Waals surface area (Å²) in [6.45, 7) is 33.4. The van der Waals surface area contributed by atoms with Crippen molar-refractivity contribution in [3.63, 3.8) is 0 Å². The average molecular weight is 1850 g/mol. The summed E-state index contributed by atoms with van der Waals surface area (Å²) in [7, 11) is 0. The lowest BCUT2D eigenvalue weighted by atomic mass is 9.77. The van der Waals surface area contributed by atoms with Crippen molar-refractivity contribution < 1.29 is 23.0 Å². The van der Waals surface area contributed by atoms with Crippen LogP contribution >= 0.6 is 0 Å². The van der Waals surface area contributed by atoms with Crippen molar-refractivity contribution in [3.05, 3.63) is 455 Å². The Morgan fingerprint density at radius 2 is 0.486 bits per heavy atom. The Labute approximate surface area is 830 Å². The molecule has 9 heteroatoms. The van der Waals surface area contributed by atoms with Gasteiger partial charge in [-0.3, -0.25) is 0 Å². The molecule has 2 fully saturated rings. The van der Waals surface area contributed by atoms with Gasteiger partial charge in [0, 0.05) is 68.2 Å². The summed E-state index contributed by atoms with van der Waals surface area (Å²) in [4.78, 5) is 9.18. The third-order valence-corrected chi connectivity index (χ3v) is 31.6. The van der Waals surface area contributed by atoms with E-state index in [2.05, 4.69) is 436 Å². The van der Waals surface area contributed by atoms with Crippen molar-refractivity contribution in [3.8, 4) is 44.5 Å². The number of nitrogens with zero attached hydrogens (tertiary/aromatic N) is 4. The lowest BCUT2D eigenvalue weighted by molar-refractivity contribution is -0.151. The molecule has 2 aliphatic carbocycles. The van der Waals surface area contributed by atoms with Crippen molar-refractivity contribution in [1.29, 1.82) is 0 Å². The predicted molar refractivity (Wildman–Crippen MR) is 581 cm³/mol. The van der Waals surface area contributed by atoms with Gasteiger partial charge in [-0.1, -0.05) is 265 Å². The zero-order chi connectivity index (χ0) is 97.7. The van der Waals surface area contributed by atoms with Gasteiger partial charge in [0.15, 0.2) is 0 Å². The minimum atomic E-state index is -2.83. The zero-order valence-electron chi connectivity index (χ0n) is 84.3. The highest BCUT2D eigenvalue weighted by atomic mass is 19.3. The SMILES string of the molecule is CCC1(CC)OC(CC)(CC)c2cc(-c3ccc(N(c4ccccc4)c4ccccc4)cc3C)ccc21.Cc1cc(N(c2ccccc2)c2ccccc2)ccc1-c1ccc2c(c1)C(C)(C)C(F)(F)C2(C)C.Cc1cc(N(c2ccccc2)c2ccccc2)ccc1-c1ccc2c(c1)C(C)(C)OC21CCCC1.Cc1cc(N(c2ccccc2)c2ccccc2)ccc1-c1ccc2c(c1)C1(C)CCC2(C)O1. The van der Waals surface area contributed by atoms with E-state index in [0.717, 1.165) is 142 Å². The molecule has 0 radical (unpaired) electrons. The Balaban J connectivity index is 0.000000119. The summed E-state index contributed by atoms with van der Waals surface area (Å²) in [5, 5.41) is 0. The number of fused-ring (bicyclic) bond motifs is 9. The summed E-state index contributed by atoms with van der Waals surface area (Å²) < 4.78 is 50.9. The maximum absolute atomic E-state index is 15.4. The fraction of sp³-hybridized carbons (Fsp3) is 0.267. The largest absolute Gasteiger partial charge is 0.360 e. The molecule has 2 bridgehead atoms. The molecular formula is C131H132F2N4O3. The first-order valence-corrected chi connectivity index (χ1v) is 50.6. The Hall–Kier alpha value is -13.5. The second-order valence-electron chi connectivity index (χ2n) is 41.3. The van der Waals surface area contributed by atoms with Gasteiger partial charge in [0.25, 0.3) is 5.92 Å². The van der Waals surface area contributed by atoms with E-state index in [4.69, 9.17) is 14.2 Å². The van der Waals surface area contributed by atoms with Gasteiger partial charge in [-0.25, -0.2) is 8.78 Å². The molecular weight excluding hydrogens is 1720 g/mol. The number of aryl methyl sites for hydroxylation is 4. The van der Waals surface area contributed by atoms with Crippen molar-refractivity contribution in [2.45, 2.75) is 225 Å². The van der Waals surface area contributed by atoms with Gasteiger partial charge in [-0.2, -0.15) is 0 Å². The number of hydrogen-bond acceptors (Lipinski definition) is 7. The van der Waals surface area contributed by atoms with Crippen LogP contribution in [0.5, 0.6) is 0 Å². The smallest absolute Gasteiger partial charge is 0.266 e. The fourth-order valence-electron chi connectivity index (χ4n) is 23.9. The molecule has 0 N–H and O–H groups in total. The second kappa shape index (κ2) is 38.2. The predicted octanol–water partition coefficient (Wildman–Crippen LogP) is 37.1. The van der Waals surface area contributed by atoms with Crippen LogP contribution in [0.15, 0.2) is 388 Å². The van der Waals surface area contributed by atoms with E-state index >= 15 is 8.78 Å². The fourth-order valence-corrected chi connectivity index (χ4v) is 23.9. The number of rotatable bonds is 20. The van der Waals surface area contributed by atoms with Crippen LogP contribution in [0.2, 0.25) is 0 Å². The maximum Gasteiger partial charge on any atom is 0.266 e. The first kappa shape index (κ1) is 95.4. The summed E-state index contributed by atoms with van der Waals surface area (Å²) in [5.41, 5.74) is 34.6. The van der Waals surface area contributed by atoms with Crippen LogP contribution in [0.1, 0.15) is 214 Å². The van der Waals surface area contributed by atoms with Crippen LogP contribution in [-0.4, -0.2) is 5.92 Å². The van der Waals surface area contributed by atoms with E-state index in [9.17, 15) is 0 Å². The molecule has 16 aromatic carbocycles. The highest BCUT2D eigenvalue weighted by molar-refractivity contribution is 5.86. The first-order chi connectivity index (χ1) is 67.5. The molecule has 140 heavy (non-hydrogen) atoms. The minimum absolute atomic E-state index is 0.0673. The summed E-state index contributed by atoms with van der Waals surface area (Å²) >= 11 is 0. The van der Waals surface area contributed by atoms with Crippen LogP contribution in [0.3, 0.4) is 0 Å². The number of ether oxygens (including phenoxy) is 3. The van der Waals surface area contributed by atoms with Gasteiger partial charge in [0.2, 0.25) is 0 Å². The molecule has 22 rings (SSSR count). The first-order valence-electron chi connectivity index (χ1n) is 50.6. The quantitative estimate of drug-likeness (QED) is 0.0753. The molecule has 4 heterocycles. The van der Waals surface area contributed by atoms with Crippen molar-refractivity contribution in [2.24, 2.45) is 0 Å². The molecule has 1 saturated heterocycles. The molecule has 6 aliphatic rings. The normalized spacial score (nSPS) is 18.1. The minimum Gasteiger partial charge on any atom is -0.360 e. The van der Waals surface area contributed by atoms with Crippen molar-refractivity contribution >= 4 is 68.2 Å². The van der Waals surface area contributed by atoms with Gasteiger partial charge in [-0.15, -0.1) is 0 Å². The van der Waals surface area contributed by atoms with E-state index < -0.39 is 16.8 Å². The van der Waals surface area contributed by atoms with E-state index in [1.165, 1.54) is 102 Å². The highest BCUT2D eigenvalue weighted by Gasteiger charge is 2.65. The van der Waals surface area contributed by atoms with E-state index in [-0.39, 0.29) is 33.6 Å². The highest BCUT2D eigenvalue weighted by Crippen LogP contribution is 2.63. The third kappa shape index (κ3) is 17.4. The van der Waals surface area contributed by atoms with Crippen LogP contribution in [0.4, 0.5) is 77.0 Å². The van der Waals surface area contributed by atoms with E-state index in [0.29, 0.717) is 0 Å². The maximum atomic E-state index is 15.4. The number of anilines is 12. The van der Waals surface area contributed by atoms with Gasteiger partial charge in [-0.05, 0) is 410 Å². The van der Waals surface area contributed by atoms with Crippen LogP contribution in [-0.2, 0) is 58.6 Å². The Bertz CT molecular complexity index is 6950. The number of para-hydroxylation sites is 8. The van der Waals surface area contributed by atoms with Gasteiger partial charge in [0.1, 0.15) is 0 Å². The monoisotopic (exact) mass is 1850 g/mol. The average Bonchev–Trinajstić information content (AvgIpc) is 1.55. The van der Waals surface area contributed by atoms with Gasteiger partial charge in [0.05, 0.1) is 44.4 Å². The van der Waals surface area contributed by atoms with Crippen LogP contribution in [0, 0.1) is 27.7 Å². The Kier molecular flexibility index (Phi) is 26.0. The van der Waals surface area contributed by atoms with Gasteiger partial charge >= 0.3 is 0 Å². The summed E-state index contributed by atoms with van der Waals surface area (Å²) in [6.07, 6.45) is 11.0. The molecule has 0 amide bonds. The topological polar surface area (TPSA) is 40.7 Å². The Morgan fingerprint density at radius 1 is 0.229 bits per heavy atom. The second-order valence-corrected chi connectivity index (χ2v) is 41.3. The zero-order valence-corrected chi connectivity index (χ0v) is 84.3. The van der Waals surface area contributed by atoms with Gasteiger partial charge < -0.3 is 33.8 Å². The lowest BCUT2D eigenvalue weighted by Gasteiger charge is -2.35. The number of alkyl halides is 2. The van der Waals surface area contributed by atoms with E-state index in [1.54, 1.807) is 27.7 Å². The number of halogens is 2. The van der Waals surface area contributed by atoms with Crippen molar-refractivity contribution in [1.82, 2.24) is 0 Å². The molecule has 0 aromatic heterocycles. The molecule has 7 nitrogen and oxygen atoms in total. The van der Waals surface area contributed by atoms with Crippen LogP contribution in [0.25, 0.3) is 44.5 Å².